The van der Waals surface area contributed by atoms with Gasteiger partial charge in [-0.1, -0.05) is 12.1 Å². The van der Waals surface area contributed by atoms with E-state index in [0.29, 0.717) is 40.6 Å². The van der Waals surface area contributed by atoms with Gasteiger partial charge in [-0.3, -0.25) is 0 Å². The number of pyridine rings is 1. The molecule has 15 heteroatoms. The molecule has 3 aromatic heterocycles. The van der Waals surface area contributed by atoms with E-state index in [1.807, 2.05) is 51.4 Å². The van der Waals surface area contributed by atoms with Crippen LogP contribution < -0.4 is 10.6 Å². The van der Waals surface area contributed by atoms with Crippen LogP contribution in [0.1, 0.15) is 79.2 Å². The number of carbonyl (C=O) groups is 1. The Kier molecular flexibility index (Phi) is 9.03. The summed E-state index contributed by atoms with van der Waals surface area (Å²) in [6.07, 6.45) is -2.91. The number of rotatable bonds is 7. The van der Waals surface area contributed by atoms with E-state index in [1.165, 1.54) is 11.2 Å². The van der Waals surface area contributed by atoms with E-state index < -0.39 is 65.2 Å². The van der Waals surface area contributed by atoms with Crippen LogP contribution in [0.3, 0.4) is 0 Å². The summed E-state index contributed by atoms with van der Waals surface area (Å²) in [6, 6.07) is 7.95. The number of aryl methyl sites for hydroxylation is 1. The van der Waals surface area contributed by atoms with Gasteiger partial charge in [-0.05, 0) is 92.0 Å². The van der Waals surface area contributed by atoms with Crippen molar-refractivity contribution in [1.29, 1.82) is 0 Å². The van der Waals surface area contributed by atoms with Crippen molar-refractivity contribution in [2.75, 3.05) is 17.4 Å². The largest absolute Gasteiger partial charge is 0.443 e. The van der Waals surface area contributed by atoms with E-state index in [2.05, 4.69) is 15.0 Å². The van der Waals surface area contributed by atoms with Gasteiger partial charge in [-0.15, -0.1) is 0 Å². The summed E-state index contributed by atoms with van der Waals surface area (Å²) in [5, 5.41) is 0.923. The lowest BCUT2D eigenvalue weighted by atomic mass is 10.0. The number of anilines is 2. The molecule has 2 fully saturated rings. The Balaban J connectivity index is 1.27. The van der Waals surface area contributed by atoms with Crippen molar-refractivity contribution in [3.63, 3.8) is 0 Å². The third kappa shape index (κ3) is 7.50. The molecule has 5 heterocycles. The lowest BCUT2D eigenvalue weighted by Gasteiger charge is -2.29. The average molecular weight is 701 g/mol. The zero-order valence-electron chi connectivity index (χ0n) is 29.4. The van der Waals surface area contributed by atoms with E-state index >= 15 is 0 Å². The van der Waals surface area contributed by atoms with Crippen LogP contribution in [-0.2, 0) is 36.3 Å². The maximum atomic E-state index is 13.4. The third-order valence-electron chi connectivity index (χ3n) is 8.32. The van der Waals surface area contributed by atoms with Crippen molar-refractivity contribution < 1.29 is 41.7 Å². The molecular weight excluding hydrogens is 657 g/mol. The highest BCUT2D eigenvalue weighted by atomic mass is 19.4. The lowest BCUT2D eigenvalue weighted by molar-refractivity contribution is -0.196. The fourth-order valence-electron chi connectivity index (χ4n) is 6.19. The molecule has 270 valence electrons. The first-order valence-corrected chi connectivity index (χ1v) is 16.4. The Morgan fingerprint density at radius 1 is 1.02 bits per heavy atom. The Labute approximate surface area is 288 Å². The minimum absolute atomic E-state index is 0.103. The van der Waals surface area contributed by atoms with Gasteiger partial charge >= 0.3 is 12.3 Å². The fourth-order valence-corrected chi connectivity index (χ4v) is 6.19. The molecule has 2 aliphatic heterocycles. The molecule has 0 radical (unpaired) electrons. The van der Waals surface area contributed by atoms with E-state index in [1.54, 1.807) is 39.0 Å². The molecule has 6 rings (SSSR count). The number of nitrogens with two attached hydrogens (primary N) is 1. The molecule has 0 saturated carbocycles. The summed E-state index contributed by atoms with van der Waals surface area (Å²) < 4.78 is 72.9. The number of carbonyl (C=O) groups excluding carboxylic acids is 1. The highest BCUT2D eigenvalue weighted by Gasteiger charge is 2.55. The molecule has 2 N–H and O–H groups in total. The standard InChI is InChI=1S/C35H43F3N6O6/c1-32(2,3)46-18-44(31(45)50-33(4,5)6)29-21-13-14-43(28(21)40-17-41-29)30-26-25(48-34(7,8)49-26)24(47-30)12-10-19-9-11-20-16-22(35(36,37)38)27(39)42-23(20)15-19/h9,11,13-17,24-26,30H,10,12,18H2,1-8H3,(H2,39,42)/t24-,25-,26-,30-/m1/s1. The fraction of sp³-hybridized carbons (Fsp3) is 0.543. The maximum Gasteiger partial charge on any atom is 0.419 e. The van der Waals surface area contributed by atoms with Crippen molar-refractivity contribution in [3.05, 3.63) is 54.0 Å². The lowest BCUT2D eigenvalue weighted by Crippen LogP contribution is -2.41. The Morgan fingerprint density at radius 3 is 2.42 bits per heavy atom. The summed E-state index contributed by atoms with van der Waals surface area (Å²) in [5.74, 6) is -1.13. The predicted octanol–water partition coefficient (Wildman–Crippen LogP) is 7.14. The van der Waals surface area contributed by atoms with Gasteiger partial charge in [0.25, 0.3) is 0 Å². The molecule has 1 aromatic carbocycles. The molecule has 0 spiro atoms. The number of hydrogen-bond donors (Lipinski definition) is 1. The monoisotopic (exact) mass is 700 g/mol. The van der Waals surface area contributed by atoms with E-state index in [0.717, 1.165) is 11.6 Å². The first kappa shape index (κ1) is 35.8. The Hall–Kier alpha value is -4.05. The third-order valence-corrected chi connectivity index (χ3v) is 8.32. The van der Waals surface area contributed by atoms with Crippen molar-refractivity contribution in [2.45, 2.75) is 116 Å². The SMILES string of the molecule is CC(C)(C)OCN(C(=O)OC(C)(C)C)c1ncnc2c1ccn2[C@@H]1O[C@H](CCc2ccc3cc(C(F)(F)F)c(N)nc3c2)[C@H]2OC(C)(C)O[C@H]21. The number of ether oxygens (including phenoxy) is 5. The summed E-state index contributed by atoms with van der Waals surface area (Å²) in [4.78, 5) is 27.8. The minimum Gasteiger partial charge on any atom is -0.443 e. The number of aromatic nitrogens is 4. The van der Waals surface area contributed by atoms with Crippen molar-refractivity contribution >= 4 is 39.7 Å². The molecule has 12 nitrogen and oxygen atoms in total. The number of fused-ring (bicyclic) bond motifs is 3. The van der Waals surface area contributed by atoms with Crippen LogP contribution in [0, 0.1) is 0 Å². The first-order valence-electron chi connectivity index (χ1n) is 16.4. The molecule has 0 bridgehead atoms. The number of alkyl halides is 3. The molecule has 50 heavy (non-hydrogen) atoms. The topological polar surface area (TPSA) is 136 Å². The molecule has 2 saturated heterocycles. The number of nitrogen functional groups attached to an aromatic ring is 1. The molecule has 2 aliphatic rings. The van der Waals surface area contributed by atoms with Crippen LogP contribution in [0.2, 0.25) is 0 Å². The molecular formula is C35H43F3N6O6. The highest BCUT2D eigenvalue weighted by molar-refractivity contribution is 5.97. The second-order valence-electron chi connectivity index (χ2n) is 15.1. The van der Waals surface area contributed by atoms with Gasteiger partial charge in [-0.2, -0.15) is 13.2 Å². The molecule has 0 aliphatic carbocycles. The quantitative estimate of drug-likeness (QED) is 0.198. The second kappa shape index (κ2) is 12.6. The van der Waals surface area contributed by atoms with Gasteiger partial charge in [0.05, 0.1) is 28.2 Å². The van der Waals surface area contributed by atoms with Gasteiger partial charge in [0.15, 0.2) is 17.8 Å². The van der Waals surface area contributed by atoms with Gasteiger partial charge in [0.2, 0.25) is 0 Å². The number of halogens is 3. The van der Waals surface area contributed by atoms with Gasteiger partial charge in [0, 0.05) is 11.6 Å². The van der Waals surface area contributed by atoms with Gasteiger partial charge < -0.3 is 34.0 Å². The Bertz CT molecular complexity index is 1900. The van der Waals surface area contributed by atoms with Crippen LogP contribution in [0.25, 0.3) is 21.9 Å². The molecule has 4 atom stereocenters. The van der Waals surface area contributed by atoms with Crippen molar-refractivity contribution in [2.24, 2.45) is 0 Å². The summed E-state index contributed by atoms with van der Waals surface area (Å²) in [6.45, 7) is 14.6. The molecule has 4 aromatic rings. The normalized spacial score (nSPS) is 22.3. The molecule has 1 amide bonds. The van der Waals surface area contributed by atoms with Crippen LogP contribution >= 0.6 is 0 Å². The number of amides is 1. The first-order chi connectivity index (χ1) is 23.2. The average Bonchev–Trinajstić information content (AvgIpc) is 3.64. The predicted molar refractivity (Wildman–Crippen MR) is 179 cm³/mol. The smallest absolute Gasteiger partial charge is 0.419 e. The van der Waals surface area contributed by atoms with Crippen LogP contribution in [0.5, 0.6) is 0 Å². The second-order valence-corrected chi connectivity index (χ2v) is 15.1. The van der Waals surface area contributed by atoms with Crippen LogP contribution in [0.15, 0.2) is 42.9 Å². The zero-order chi connectivity index (χ0) is 36.4. The van der Waals surface area contributed by atoms with Crippen molar-refractivity contribution in [1.82, 2.24) is 19.5 Å². The van der Waals surface area contributed by atoms with E-state index in [9.17, 15) is 18.0 Å². The van der Waals surface area contributed by atoms with Crippen LogP contribution in [-0.4, -0.2) is 67.6 Å². The number of benzene rings is 1. The van der Waals surface area contributed by atoms with Crippen molar-refractivity contribution in [3.8, 4) is 0 Å². The maximum absolute atomic E-state index is 13.4. The number of nitrogens with zero attached hydrogens (tertiary/aromatic N) is 5. The number of hydrogen-bond acceptors (Lipinski definition) is 10. The highest BCUT2D eigenvalue weighted by Crippen LogP contribution is 2.45. The van der Waals surface area contributed by atoms with Crippen LogP contribution in [0.4, 0.5) is 29.6 Å². The minimum atomic E-state index is -4.59. The van der Waals surface area contributed by atoms with E-state index in [-0.39, 0.29) is 6.73 Å². The summed E-state index contributed by atoms with van der Waals surface area (Å²) >= 11 is 0. The van der Waals surface area contributed by atoms with E-state index in [4.69, 9.17) is 29.4 Å². The summed E-state index contributed by atoms with van der Waals surface area (Å²) in [7, 11) is 0. The summed E-state index contributed by atoms with van der Waals surface area (Å²) in [5.41, 5.74) is 5.14. The molecule has 0 unspecified atom stereocenters. The zero-order valence-corrected chi connectivity index (χ0v) is 29.4. The van der Waals surface area contributed by atoms with Gasteiger partial charge in [0.1, 0.15) is 42.3 Å². The Morgan fingerprint density at radius 2 is 1.74 bits per heavy atom. The van der Waals surface area contributed by atoms with Gasteiger partial charge in [-0.25, -0.2) is 24.6 Å².